The van der Waals surface area contributed by atoms with Crippen LogP contribution in [0.25, 0.3) is 11.1 Å². The van der Waals surface area contributed by atoms with Crippen molar-refractivity contribution in [3.63, 3.8) is 0 Å². The minimum absolute atomic E-state index is 0.113. The summed E-state index contributed by atoms with van der Waals surface area (Å²) >= 11 is 1.45. The quantitative estimate of drug-likeness (QED) is 0.584. The summed E-state index contributed by atoms with van der Waals surface area (Å²) in [7, 11) is -3.11. The molecule has 0 spiro atoms. The Bertz CT molecular complexity index is 1310. The number of rotatable bonds is 6. The number of nitriles is 1. The fourth-order valence-corrected chi connectivity index (χ4v) is 7.67. The van der Waals surface area contributed by atoms with Crippen LogP contribution in [0.5, 0.6) is 0 Å². The predicted octanol–water partition coefficient (Wildman–Crippen LogP) is 4.79. The molecule has 1 aromatic carbocycles. The van der Waals surface area contributed by atoms with Gasteiger partial charge in [0.25, 0.3) is 0 Å². The number of alkyl halides is 3. The van der Waals surface area contributed by atoms with Crippen LogP contribution >= 0.6 is 11.3 Å². The molecule has 1 amide bonds. The highest BCUT2D eigenvalue weighted by Gasteiger charge is 2.51. The standard InChI is InChI=1S/C24H25F3N2O4S2/c1-13-8-17(14(2)34-13)15-4-5-21(19(9-15)24(25,26)27)35(31,32)16-10-18(20(11-16)33-3)22(30)29-23(12-28)6-7-23/h4-5,8-9,16,18,20H,6-7,10-11H2,1-3H3,(H,29,30)/t16?,18-,20?/m1/s1. The van der Waals surface area contributed by atoms with Gasteiger partial charge in [-0.15, -0.1) is 11.3 Å². The van der Waals surface area contributed by atoms with Crippen LogP contribution in [0.2, 0.25) is 0 Å². The second-order valence-corrected chi connectivity index (χ2v) is 12.9. The number of halogens is 3. The number of benzene rings is 1. The van der Waals surface area contributed by atoms with E-state index in [9.17, 15) is 31.6 Å². The fourth-order valence-electron chi connectivity index (χ4n) is 4.73. The van der Waals surface area contributed by atoms with E-state index in [2.05, 4.69) is 5.32 Å². The van der Waals surface area contributed by atoms with Gasteiger partial charge in [0.1, 0.15) is 5.54 Å². The van der Waals surface area contributed by atoms with Crippen molar-refractivity contribution in [1.29, 1.82) is 5.26 Å². The van der Waals surface area contributed by atoms with Gasteiger partial charge >= 0.3 is 6.18 Å². The molecule has 1 heterocycles. The minimum Gasteiger partial charge on any atom is -0.381 e. The third-order valence-electron chi connectivity index (χ3n) is 6.81. The summed E-state index contributed by atoms with van der Waals surface area (Å²) in [6, 6.07) is 7.12. The summed E-state index contributed by atoms with van der Waals surface area (Å²) in [4.78, 5) is 13.8. The maximum atomic E-state index is 14.1. The van der Waals surface area contributed by atoms with Crippen LogP contribution in [0.15, 0.2) is 29.2 Å². The summed E-state index contributed by atoms with van der Waals surface area (Å²) < 4.78 is 74.5. The Morgan fingerprint density at radius 1 is 1.23 bits per heavy atom. The van der Waals surface area contributed by atoms with Crippen molar-refractivity contribution in [2.45, 2.75) is 67.5 Å². The van der Waals surface area contributed by atoms with E-state index in [1.807, 2.05) is 13.0 Å². The zero-order chi connectivity index (χ0) is 25.8. The van der Waals surface area contributed by atoms with Gasteiger partial charge in [-0.05, 0) is 68.9 Å². The zero-order valence-corrected chi connectivity index (χ0v) is 21.0. The van der Waals surface area contributed by atoms with Crippen molar-refractivity contribution in [3.8, 4) is 17.2 Å². The number of aryl methyl sites for hydroxylation is 2. The van der Waals surface area contributed by atoms with Gasteiger partial charge in [0.05, 0.1) is 33.8 Å². The molecule has 11 heteroatoms. The van der Waals surface area contributed by atoms with Gasteiger partial charge in [-0.1, -0.05) is 6.07 Å². The van der Waals surface area contributed by atoms with Gasteiger partial charge in [0.2, 0.25) is 5.91 Å². The number of carbonyl (C=O) groups is 1. The molecule has 1 N–H and O–H groups in total. The van der Waals surface area contributed by atoms with Gasteiger partial charge in [-0.25, -0.2) is 8.42 Å². The van der Waals surface area contributed by atoms with Crippen molar-refractivity contribution in [2.75, 3.05) is 7.11 Å². The van der Waals surface area contributed by atoms with E-state index in [0.29, 0.717) is 24.0 Å². The summed E-state index contributed by atoms with van der Waals surface area (Å²) in [5.41, 5.74) is -1.24. The lowest BCUT2D eigenvalue weighted by molar-refractivity contribution is -0.139. The van der Waals surface area contributed by atoms with E-state index >= 15 is 0 Å². The highest BCUT2D eigenvalue weighted by atomic mass is 32.2. The van der Waals surface area contributed by atoms with Crippen LogP contribution in [0.3, 0.4) is 0 Å². The Labute approximate surface area is 206 Å². The average Bonchev–Trinajstić information content (AvgIpc) is 3.26. The molecule has 2 unspecified atom stereocenters. The number of nitrogens with zero attached hydrogens (tertiary/aromatic N) is 1. The number of amides is 1. The van der Waals surface area contributed by atoms with Crippen LogP contribution in [0.4, 0.5) is 13.2 Å². The number of methoxy groups -OCH3 is 1. The molecule has 0 aliphatic heterocycles. The van der Waals surface area contributed by atoms with Crippen LogP contribution in [-0.4, -0.2) is 38.3 Å². The molecule has 0 bridgehead atoms. The molecule has 2 aliphatic rings. The van der Waals surface area contributed by atoms with E-state index in [0.717, 1.165) is 21.9 Å². The predicted molar refractivity (Wildman–Crippen MR) is 124 cm³/mol. The molecular formula is C24H25F3N2O4S2. The highest BCUT2D eigenvalue weighted by molar-refractivity contribution is 7.92. The number of sulfone groups is 1. The van der Waals surface area contributed by atoms with Crippen molar-refractivity contribution >= 4 is 27.1 Å². The molecule has 2 fully saturated rings. The first kappa shape index (κ1) is 25.7. The van der Waals surface area contributed by atoms with E-state index < -0.39 is 55.2 Å². The Morgan fingerprint density at radius 3 is 2.43 bits per heavy atom. The van der Waals surface area contributed by atoms with Crippen LogP contribution < -0.4 is 5.32 Å². The summed E-state index contributed by atoms with van der Waals surface area (Å²) in [6.07, 6.45) is -4.96. The topological polar surface area (TPSA) is 96.3 Å². The fraction of sp³-hybridized carbons (Fsp3) is 0.500. The molecule has 0 radical (unpaired) electrons. The number of thiophene rings is 1. The number of ether oxygens (including phenoxy) is 1. The Balaban J connectivity index is 1.68. The monoisotopic (exact) mass is 526 g/mol. The molecule has 2 saturated carbocycles. The molecule has 0 saturated heterocycles. The van der Waals surface area contributed by atoms with E-state index in [4.69, 9.17) is 4.74 Å². The first-order valence-corrected chi connectivity index (χ1v) is 13.5. The lowest BCUT2D eigenvalue weighted by Gasteiger charge is -2.19. The van der Waals surface area contributed by atoms with E-state index in [1.54, 1.807) is 13.0 Å². The molecule has 6 nitrogen and oxygen atoms in total. The second kappa shape index (κ2) is 8.91. The third-order valence-corrected chi connectivity index (χ3v) is 10.0. The van der Waals surface area contributed by atoms with Gasteiger partial charge < -0.3 is 10.1 Å². The molecule has 2 aliphatic carbocycles. The third kappa shape index (κ3) is 4.84. The Hall–Kier alpha value is -2.42. The maximum absolute atomic E-state index is 14.1. The number of nitrogens with one attached hydrogen (secondary N) is 1. The Kier molecular flexibility index (Phi) is 6.53. The highest BCUT2D eigenvalue weighted by Crippen LogP contribution is 2.43. The molecule has 4 rings (SSSR count). The van der Waals surface area contributed by atoms with Crippen LogP contribution in [-0.2, 0) is 25.5 Å². The molecule has 2 aromatic rings. The van der Waals surface area contributed by atoms with Crippen LogP contribution in [0, 0.1) is 31.1 Å². The smallest absolute Gasteiger partial charge is 0.381 e. The lowest BCUT2D eigenvalue weighted by Crippen LogP contribution is -2.42. The SMILES string of the molecule is COC1CC(S(=O)(=O)c2ccc(-c3cc(C)sc3C)cc2C(F)(F)F)C[C@H]1C(=O)NC1(C#N)CC1. The molecule has 1 aromatic heterocycles. The Morgan fingerprint density at radius 2 is 1.91 bits per heavy atom. The molecule has 188 valence electrons. The van der Waals surface area contributed by atoms with Gasteiger partial charge in [-0.2, -0.15) is 18.4 Å². The number of carbonyl (C=O) groups excluding carboxylic acids is 1. The number of hydrogen-bond acceptors (Lipinski definition) is 6. The molecule has 35 heavy (non-hydrogen) atoms. The second-order valence-electron chi connectivity index (χ2n) is 9.24. The summed E-state index contributed by atoms with van der Waals surface area (Å²) in [5.74, 6) is -1.39. The normalized spacial score (nSPS) is 23.6. The van der Waals surface area contributed by atoms with Gasteiger partial charge in [0.15, 0.2) is 9.84 Å². The summed E-state index contributed by atoms with van der Waals surface area (Å²) in [6.45, 7) is 3.66. The maximum Gasteiger partial charge on any atom is 0.417 e. The first-order valence-electron chi connectivity index (χ1n) is 11.1. The zero-order valence-electron chi connectivity index (χ0n) is 19.4. The minimum atomic E-state index is -4.89. The molecule has 3 atom stereocenters. The number of hydrogen-bond donors (Lipinski definition) is 1. The largest absolute Gasteiger partial charge is 0.417 e. The van der Waals surface area contributed by atoms with E-state index in [1.165, 1.54) is 24.5 Å². The van der Waals surface area contributed by atoms with Gasteiger partial charge in [0, 0.05) is 16.9 Å². The van der Waals surface area contributed by atoms with Gasteiger partial charge in [-0.3, -0.25) is 4.79 Å². The van der Waals surface area contributed by atoms with Crippen molar-refractivity contribution in [3.05, 3.63) is 39.6 Å². The van der Waals surface area contributed by atoms with E-state index in [-0.39, 0.29) is 12.8 Å². The van der Waals surface area contributed by atoms with Crippen molar-refractivity contribution in [1.82, 2.24) is 5.32 Å². The lowest BCUT2D eigenvalue weighted by atomic mass is 10.0. The van der Waals surface area contributed by atoms with Crippen molar-refractivity contribution in [2.24, 2.45) is 5.92 Å². The first-order chi connectivity index (χ1) is 16.3. The van der Waals surface area contributed by atoms with Crippen molar-refractivity contribution < 1.29 is 31.1 Å². The molecular weight excluding hydrogens is 501 g/mol. The van der Waals surface area contributed by atoms with Crippen LogP contribution in [0.1, 0.15) is 41.0 Å². The summed E-state index contributed by atoms with van der Waals surface area (Å²) in [5, 5.41) is 10.7. The average molecular weight is 527 g/mol.